The van der Waals surface area contributed by atoms with E-state index < -0.39 is 0 Å². The normalized spacial score (nSPS) is 17.8. The quantitative estimate of drug-likeness (QED) is 0.581. The van der Waals surface area contributed by atoms with Crippen LogP contribution in [0.3, 0.4) is 0 Å². The highest BCUT2D eigenvalue weighted by atomic mass is 32.2. The van der Waals surface area contributed by atoms with Crippen molar-refractivity contribution in [1.82, 2.24) is 9.55 Å². The first kappa shape index (κ1) is 17.6. The van der Waals surface area contributed by atoms with Crippen LogP contribution in [-0.2, 0) is 6.42 Å². The highest BCUT2D eigenvalue weighted by Crippen LogP contribution is 2.35. The van der Waals surface area contributed by atoms with E-state index in [0.717, 1.165) is 45.4 Å². The molecule has 0 aliphatic carbocycles. The first-order valence-corrected chi connectivity index (χ1v) is 10.2. The van der Waals surface area contributed by atoms with Crippen molar-refractivity contribution in [2.45, 2.75) is 68.0 Å². The topological polar surface area (TPSA) is 34.9 Å². The molecule has 0 radical (unpaired) electrons. The van der Waals surface area contributed by atoms with E-state index in [1.165, 1.54) is 0 Å². The van der Waals surface area contributed by atoms with Crippen LogP contribution >= 0.6 is 23.5 Å². The monoisotopic (exact) mass is 360 g/mol. The fourth-order valence-corrected chi connectivity index (χ4v) is 5.03. The smallest absolute Gasteiger partial charge is 0.268 e. The summed E-state index contributed by atoms with van der Waals surface area (Å²) in [6.45, 7) is 10.7. The zero-order valence-corrected chi connectivity index (χ0v) is 16.6. The summed E-state index contributed by atoms with van der Waals surface area (Å²) >= 11 is 3.36. The number of nitrogens with zero attached hydrogens (tertiary/aromatic N) is 2. The lowest BCUT2D eigenvalue weighted by atomic mass is 10.1. The largest absolute Gasteiger partial charge is 0.272 e. The molecule has 3 rings (SSSR count). The second-order valence-corrected chi connectivity index (χ2v) is 9.48. The predicted octanol–water partition coefficient (Wildman–Crippen LogP) is 4.78. The number of thioether (sulfide) groups is 2. The molecule has 1 aromatic carbocycles. The van der Waals surface area contributed by atoms with Crippen LogP contribution in [-0.4, -0.2) is 20.1 Å². The SMILES string of the molecule is CC[C@@H](C)Sc1nc2c(c(=O)n1-c1cc(C)cc(C)c1)S[C@H](C)C2. The lowest BCUT2D eigenvalue weighted by Gasteiger charge is -2.17. The number of hydrogen-bond acceptors (Lipinski definition) is 4. The van der Waals surface area contributed by atoms with Gasteiger partial charge in [0.2, 0.25) is 0 Å². The highest BCUT2D eigenvalue weighted by Gasteiger charge is 2.27. The van der Waals surface area contributed by atoms with Crippen molar-refractivity contribution in [3.8, 4) is 5.69 Å². The minimum Gasteiger partial charge on any atom is -0.268 e. The third kappa shape index (κ3) is 3.42. The van der Waals surface area contributed by atoms with Gasteiger partial charge in [-0.2, -0.15) is 0 Å². The van der Waals surface area contributed by atoms with Gasteiger partial charge < -0.3 is 0 Å². The summed E-state index contributed by atoms with van der Waals surface area (Å²) in [5, 5.41) is 1.68. The third-order valence-corrected chi connectivity index (χ3v) is 6.66. The van der Waals surface area contributed by atoms with Gasteiger partial charge in [0.15, 0.2) is 5.16 Å². The van der Waals surface area contributed by atoms with Gasteiger partial charge in [0.05, 0.1) is 16.3 Å². The molecule has 5 heteroatoms. The molecule has 0 unspecified atom stereocenters. The van der Waals surface area contributed by atoms with Gasteiger partial charge >= 0.3 is 0 Å². The summed E-state index contributed by atoms with van der Waals surface area (Å²) < 4.78 is 1.82. The zero-order valence-electron chi connectivity index (χ0n) is 14.9. The molecule has 0 saturated heterocycles. The summed E-state index contributed by atoms with van der Waals surface area (Å²) in [5.74, 6) is 0. The molecule has 3 nitrogen and oxygen atoms in total. The van der Waals surface area contributed by atoms with Crippen molar-refractivity contribution >= 4 is 23.5 Å². The van der Waals surface area contributed by atoms with Crippen molar-refractivity contribution in [2.24, 2.45) is 0 Å². The average Bonchev–Trinajstić information content (AvgIpc) is 2.87. The summed E-state index contributed by atoms with van der Waals surface area (Å²) in [6.07, 6.45) is 1.94. The maximum atomic E-state index is 13.2. The Labute approximate surface area is 152 Å². The van der Waals surface area contributed by atoms with Crippen LogP contribution in [0.15, 0.2) is 33.0 Å². The minimum absolute atomic E-state index is 0.0881. The number of aromatic nitrogens is 2. The lowest BCUT2D eigenvalue weighted by molar-refractivity contribution is 0.725. The van der Waals surface area contributed by atoms with Crippen LogP contribution in [0.2, 0.25) is 0 Å². The zero-order chi connectivity index (χ0) is 17.4. The number of fused-ring (bicyclic) bond motifs is 1. The summed E-state index contributed by atoms with van der Waals surface area (Å²) in [4.78, 5) is 18.9. The molecule has 1 aliphatic rings. The van der Waals surface area contributed by atoms with Crippen LogP contribution in [0.4, 0.5) is 0 Å². The van der Waals surface area contributed by atoms with Crippen molar-refractivity contribution in [3.05, 3.63) is 45.4 Å². The Morgan fingerprint density at radius 3 is 2.62 bits per heavy atom. The fraction of sp³-hybridized carbons (Fsp3) is 0.474. The van der Waals surface area contributed by atoms with Crippen molar-refractivity contribution in [2.75, 3.05) is 0 Å². The van der Waals surface area contributed by atoms with Gasteiger partial charge in [-0.3, -0.25) is 9.36 Å². The van der Waals surface area contributed by atoms with Crippen molar-refractivity contribution in [1.29, 1.82) is 0 Å². The van der Waals surface area contributed by atoms with E-state index in [4.69, 9.17) is 4.98 Å². The molecule has 1 aliphatic heterocycles. The molecular formula is C19H24N2OS2. The van der Waals surface area contributed by atoms with E-state index in [9.17, 15) is 4.79 Å². The summed E-state index contributed by atoms with van der Waals surface area (Å²) in [5.41, 5.74) is 4.32. The number of benzene rings is 1. The van der Waals surface area contributed by atoms with E-state index in [1.54, 1.807) is 23.5 Å². The molecule has 0 fully saturated rings. The second-order valence-electron chi connectivity index (χ2n) is 6.63. The predicted molar refractivity (Wildman–Crippen MR) is 104 cm³/mol. The van der Waals surface area contributed by atoms with Crippen LogP contribution in [0.1, 0.15) is 44.0 Å². The Hall–Kier alpha value is -1.20. The molecule has 0 spiro atoms. The maximum absolute atomic E-state index is 13.2. The molecule has 128 valence electrons. The third-order valence-electron chi connectivity index (χ3n) is 4.23. The van der Waals surface area contributed by atoms with E-state index in [0.29, 0.717) is 10.5 Å². The van der Waals surface area contributed by atoms with E-state index in [-0.39, 0.29) is 5.56 Å². The highest BCUT2D eigenvalue weighted by molar-refractivity contribution is 8.00. The van der Waals surface area contributed by atoms with Gasteiger partial charge in [-0.1, -0.05) is 38.6 Å². The molecule has 0 amide bonds. The maximum Gasteiger partial charge on any atom is 0.272 e. The fourth-order valence-electron chi connectivity index (χ4n) is 2.95. The molecule has 1 aromatic heterocycles. The number of hydrogen-bond donors (Lipinski definition) is 0. The van der Waals surface area contributed by atoms with Crippen LogP contribution in [0.5, 0.6) is 0 Å². The van der Waals surface area contributed by atoms with E-state index >= 15 is 0 Å². The van der Waals surface area contributed by atoms with Gasteiger partial charge in [0, 0.05) is 16.9 Å². The van der Waals surface area contributed by atoms with Gasteiger partial charge in [0.1, 0.15) is 0 Å². The molecule has 0 saturated carbocycles. The summed E-state index contributed by atoms with van der Waals surface area (Å²) in [6, 6.07) is 6.28. The number of rotatable bonds is 4. The first-order chi connectivity index (χ1) is 11.4. The molecular weight excluding hydrogens is 336 g/mol. The van der Waals surface area contributed by atoms with Crippen LogP contribution in [0, 0.1) is 13.8 Å². The molecule has 24 heavy (non-hydrogen) atoms. The second kappa shape index (κ2) is 6.96. The van der Waals surface area contributed by atoms with Gasteiger partial charge in [-0.15, -0.1) is 11.8 Å². The number of aryl methyl sites for hydroxylation is 2. The van der Waals surface area contributed by atoms with Gasteiger partial charge in [-0.25, -0.2) is 4.98 Å². The minimum atomic E-state index is 0.0881. The van der Waals surface area contributed by atoms with Gasteiger partial charge in [0.25, 0.3) is 5.56 Å². The molecule has 2 heterocycles. The van der Waals surface area contributed by atoms with Crippen molar-refractivity contribution < 1.29 is 0 Å². The average molecular weight is 361 g/mol. The van der Waals surface area contributed by atoms with Crippen LogP contribution in [0.25, 0.3) is 5.69 Å². The standard InChI is InChI=1S/C19H24N2OS2/c1-6-13(4)24-19-20-16-10-14(5)23-17(16)18(22)21(19)15-8-11(2)7-12(3)9-15/h7-9,13-14H,6,10H2,1-5H3/t13-,14-/m1/s1. The Balaban J connectivity index is 2.22. The first-order valence-electron chi connectivity index (χ1n) is 8.47. The Bertz CT molecular complexity index is 809. The Kier molecular flexibility index (Phi) is 5.11. The van der Waals surface area contributed by atoms with Crippen molar-refractivity contribution in [3.63, 3.8) is 0 Å². The lowest BCUT2D eigenvalue weighted by Crippen LogP contribution is -2.24. The molecule has 0 bridgehead atoms. The van der Waals surface area contributed by atoms with E-state index in [2.05, 4.69) is 52.8 Å². The van der Waals surface area contributed by atoms with Crippen LogP contribution < -0.4 is 5.56 Å². The molecule has 2 atom stereocenters. The summed E-state index contributed by atoms with van der Waals surface area (Å²) in [7, 11) is 0. The molecule has 0 N–H and O–H groups in total. The van der Waals surface area contributed by atoms with Gasteiger partial charge in [-0.05, 0) is 43.5 Å². The molecule has 2 aromatic rings. The Morgan fingerprint density at radius 1 is 1.33 bits per heavy atom. The van der Waals surface area contributed by atoms with E-state index in [1.807, 2.05) is 4.57 Å². The Morgan fingerprint density at radius 2 is 2.00 bits per heavy atom.